The van der Waals surface area contributed by atoms with E-state index < -0.39 is 5.97 Å². The smallest absolute Gasteiger partial charge is 0.323 e. The Morgan fingerprint density at radius 2 is 2.16 bits per heavy atom. The van der Waals surface area contributed by atoms with E-state index in [1.807, 2.05) is 24.2 Å². The summed E-state index contributed by atoms with van der Waals surface area (Å²) in [5.41, 5.74) is 1.08. The minimum Gasteiger partial charge on any atom is -0.480 e. The number of carbonyl (C=O) groups excluding carboxylic acids is 1. The first-order chi connectivity index (χ1) is 8.95. The second-order valence-corrected chi connectivity index (χ2v) is 6.41. The SMILES string of the molecule is CCN1C(C)=CS/C1=C1/SC(=S)N(CC(=O)O)C1=O. The maximum absolute atomic E-state index is 12.2. The molecule has 0 bridgehead atoms. The third kappa shape index (κ3) is 2.65. The zero-order valence-electron chi connectivity index (χ0n) is 10.4. The normalized spacial score (nSPS) is 23.4. The number of allylic oxidation sites excluding steroid dienone is 1. The van der Waals surface area contributed by atoms with Crippen LogP contribution in [0.4, 0.5) is 0 Å². The van der Waals surface area contributed by atoms with Gasteiger partial charge < -0.3 is 10.0 Å². The van der Waals surface area contributed by atoms with E-state index in [4.69, 9.17) is 17.3 Å². The van der Waals surface area contributed by atoms with Gasteiger partial charge in [-0.05, 0) is 19.3 Å². The van der Waals surface area contributed by atoms with Gasteiger partial charge in [-0.15, -0.1) is 0 Å². The van der Waals surface area contributed by atoms with Crippen LogP contribution in [-0.4, -0.2) is 44.2 Å². The van der Waals surface area contributed by atoms with E-state index in [0.717, 1.165) is 22.2 Å². The van der Waals surface area contributed by atoms with Crippen LogP contribution in [0.1, 0.15) is 13.8 Å². The molecule has 1 fully saturated rings. The molecular weight excluding hydrogens is 304 g/mol. The molecule has 0 aromatic carbocycles. The Hall–Kier alpha value is -0.990. The predicted octanol–water partition coefficient (Wildman–Crippen LogP) is 2.03. The number of rotatable bonds is 3. The number of carboxylic acids is 1. The van der Waals surface area contributed by atoms with E-state index in [1.165, 1.54) is 23.5 Å². The molecule has 102 valence electrons. The molecule has 5 nitrogen and oxygen atoms in total. The van der Waals surface area contributed by atoms with Gasteiger partial charge in [0.2, 0.25) is 0 Å². The summed E-state index contributed by atoms with van der Waals surface area (Å²) in [5.74, 6) is -1.38. The van der Waals surface area contributed by atoms with Gasteiger partial charge >= 0.3 is 5.97 Å². The molecule has 0 atom stereocenters. The van der Waals surface area contributed by atoms with Crippen molar-refractivity contribution in [3.63, 3.8) is 0 Å². The van der Waals surface area contributed by atoms with Crippen molar-refractivity contribution in [2.75, 3.05) is 13.1 Å². The van der Waals surface area contributed by atoms with Crippen molar-refractivity contribution < 1.29 is 14.7 Å². The lowest BCUT2D eigenvalue weighted by molar-refractivity contribution is -0.140. The average molecular weight is 316 g/mol. The Labute approximate surface area is 124 Å². The van der Waals surface area contributed by atoms with Crippen molar-refractivity contribution in [1.29, 1.82) is 0 Å². The fourth-order valence-electron chi connectivity index (χ4n) is 1.80. The lowest BCUT2D eigenvalue weighted by Crippen LogP contribution is -2.33. The van der Waals surface area contributed by atoms with Crippen LogP contribution in [0.5, 0.6) is 0 Å². The first kappa shape index (κ1) is 14.4. The predicted molar refractivity (Wildman–Crippen MR) is 80.3 cm³/mol. The maximum atomic E-state index is 12.2. The number of nitrogens with zero attached hydrogens (tertiary/aromatic N) is 2. The Bertz CT molecular complexity index is 527. The lowest BCUT2D eigenvalue weighted by atomic mass is 10.4. The van der Waals surface area contributed by atoms with Crippen LogP contribution >= 0.6 is 35.7 Å². The second kappa shape index (κ2) is 5.56. The summed E-state index contributed by atoms with van der Waals surface area (Å²) in [6.07, 6.45) is 0. The Balaban J connectivity index is 2.31. The van der Waals surface area contributed by atoms with E-state index in [-0.39, 0.29) is 12.5 Å². The van der Waals surface area contributed by atoms with Crippen molar-refractivity contribution in [1.82, 2.24) is 9.80 Å². The van der Waals surface area contributed by atoms with Crippen LogP contribution in [0.15, 0.2) is 21.0 Å². The first-order valence-corrected chi connectivity index (χ1v) is 7.66. The zero-order valence-corrected chi connectivity index (χ0v) is 12.8. The highest BCUT2D eigenvalue weighted by Gasteiger charge is 2.38. The first-order valence-electron chi connectivity index (χ1n) is 5.56. The summed E-state index contributed by atoms with van der Waals surface area (Å²) in [7, 11) is 0. The van der Waals surface area contributed by atoms with E-state index >= 15 is 0 Å². The summed E-state index contributed by atoms with van der Waals surface area (Å²) < 4.78 is 0.302. The van der Waals surface area contributed by atoms with Gasteiger partial charge in [-0.2, -0.15) is 0 Å². The molecule has 0 spiro atoms. The average Bonchev–Trinajstić information content (AvgIpc) is 2.83. The van der Waals surface area contributed by atoms with Gasteiger partial charge in [0.05, 0.1) is 5.03 Å². The molecule has 0 aromatic heterocycles. The quantitative estimate of drug-likeness (QED) is 0.631. The third-order valence-electron chi connectivity index (χ3n) is 2.67. The summed E-state index contributed by atoms with van der Waals surface area (Å²) in [4.78, 5) is 26.7. The van der Waals surface area contributed by atoms with Crippen molar-refractivity contribution in [2.45, 2.75) is 13.8 Å². The summed E-state index contributed by atoms with van der Waals surface area (Å²) in [6, 6.07) is 0. The number of amides is 1. The molecule has 0 radical (unpaired) electrons. The van der Waals surface area contributed by atoms with E-state index in [2.05, 4.69) is 0 Å². The fraction of sp³-hybridized carbons (Fsp3) is 0.364. The molecule has 2 aliphatic heterocycles. The number of thioether (sulfide) groups is 2. The molecule has 0 saturated carbocycles. The fourth-order valence-corrected chi connectivity index (χ4v) is 4.29. The van der Waals surface area contributed by atoms with Gasteiger partial charge in [0.25, 0.3) is 5.91 Å². The van der Waals surface area contributed by atoms with Crippen molar-refractivity contribution in [3.8, 4) is 0 Å². The summed E-state index contributed by atoms with van der Waals surface area (Å²) in [5, 5.41) is 11.6. The minimum absolute atomic E-state index is 0.302. The highest BCUT2D eigenvalue weighted by Crippen LogP contribution is 2.43. The maximum Gasteiger partial charge on any atom is 0.323 e. The molecule has 2 rings (SSSR count). The molecule has 2 heterocycles. The van der Waals surface area contributed by atoms with Crippen LogP contribution in [0.2, 0.25) is 0 Å². The third-order valence-corrected chi connectivity index (χ3v) is 5.34. The Kier molecular flexibility index (Phi) is 4.22. The lowest BCUT2D eigenvalue weighted by Gasteiger charge is -2.20. The molecule has 0 aliphatic carbocycles. The molecule has 1 amide bonds. The van der Waals surface area contributed by atoms with Crippen molar-refractivity contribution in [2.24, 2.45) is 0 Å². The van der Waals surface area contributed by atoms with E-state index in [1.54, 1.807) is 0 Å². The monoisotopic (exact) mass is 316 g/mol. The molecular formula is C11H12N2O3S3. The summed E-state index contributed by atoms with van der Waals surface area (Å²) >= 11 is 7.72. The van der Waals surface area contributed by atoms with E-state index in [0.29, 0.717) is 9.23 Å². The van der Waals surface area contributed by atoms with Crippen LogP contribution in [0, 0.1) is 0 Å². The Morgan fingerprint density at radius 1 is 1.47 bits per heavy atom. The molecule has 0 aromatic rings. The largest absolute Gasteiger partial charge is 0.480 e. The highest BCUT2D eigenvalue weighted by atomic mass is 32.2. The number of aliphatic carboxylic acids is 1. The van der Waals surface area contributed by atoms with Gasteiger partial charge in [-0.25, -0.2) is 0 Å². The Morgan fingerprint density at radius 3 is 2.74 bits per heavy atom. The van der Waals surface area contributed by atoms with Crippen molar-refractivity contribution >= 4 is 51.9 Å². The molecule has 0 unspecified atom stereocenters. The molecule has 19 heavy (non-hydrogen) atoms. The number of hydrogen-bond acceptors (Lipinski definition) is 6. The van der Waals surface area contributed by atoms with Gasteiger partial charge in [-0.1, -0.05) is 35.7 Å². The van der Waals surface area contributed by atoms with Crippen LogP contribution < -0.4 is 0 Å². The molecule has 1 saturated heterocycles. The topological polar surface area (TPSA) is 60.9 Å². The van der Waals surface area contributed by atoms with E-state index in [9.17, 15) is 9.59 Å². The van der Waals surface area contributed by atoms with Crippen LogP contribution in [0.25, 0.3) is 0 Å². The van der Waals surface area contributed by atoms with Gasteiger partial charge in [0, 0.05) is 12.2 Å². The minimum atomic E-state index is -1.07. The molecule has 2 aliphatic rings. The highest BCUT2D eigenvalue weighted by molar-refractivity contribution is 8.27. The number of thiocarbonyl (C=S) groups is 1. The van der Waals surface area contributed by atoms with Crippen LogP contribution in [-0.2, 0) is 9.59 Å². The van der Waals surface area contributed by atoms with Gasteiger partial charge in [0.1, 0.15) is 15.8 Å². The second-order valence-electron chi connectivity index (χ2n) is 3.91. The van der Waals surface area contributed by atoms with Gasteiger partial charge in [-0.3, -0.25) is 14.5 Å². The van der Waals surface area contributed by atoms with Gasteiger partial charge in [0.15, 0.2) is 0 Å². The van der Waals surface area contributed by atoms with Crippen molar-refractivity contribution in [3.05, 3.63) is 21.0 Å². The van der Waals surface area contributed by atoms with Crippen LogP contribution in [0.3, 0.4) is 0 Å². The number of hydrogen-bond donors (Lipinski definition) is 1. The molecule has 8 heteroatoms. The number of carbonyl (C=O) groups is 2. The zero-order chi connectivity index (χ0) is 14.2. The standard InChI is InChI=1S/C11H12N2O3S3/c1-3-12-6(2)5-18-10(12)8-9(16)13(4-7(14)15)11(17)19-8/h5H,3-4H2,1-2H3,(H,14,15)/b10-8+. The molecule has 1 N–H and O–H groups in total. The number of carboxylic acid groups (broad SMARTS) is 1. The summed E-state index contributed by atoms with van der Waals surface area (Å²) in [6.45, 7) is 4.35.